The average molecular weight is 252 g/mol. The average Bonchev–Trinajstić information content (AvgIpc) is 3.00. The molecule has 0 saturated heterocycles. The summed E-state index contributed by atoms with van der Waals surface area (Å²) in [5.74, 6) is 8.73. The quantitative estimate of drug-likeness (QED) is 0.370. The third kappa shape index (κ3) is 3.71. The van der Waals surface area contributed by atoms with Crippen LogP contribution in [0.1, 0.15) is 77.6 Å². The molecule has 2 saturated carbocycles. The molecule has 2 aliphatic carbocycles. The van der Waals surface area contributed by atoms with Crippen LogP contribution in [-0.2, 0) is 0 Å². The fraction of sp³-hybridized carbons (Fsp3) is 1.00. The van der Waals surface area contributed by atoms with E-state index < -0.39 is 0 Å². The molecule has 3 N–H and O–H groups in total. The van der Waals surface area contributed by atoms with Crippen LogP contribution in [0, 0.1) is 17.8 Å². The summed E-state index contributed by atoms with van der Waals surface area (Å²) >= 11 is 0. The number of nitrogens with two attached hydrogens (primary N) is 1. The van der Waals surface area contributed by atoms with E-state index in [2.05, 4.69) is 12.3 Å². The molecule has 0 spiro atoms. The Morgan fingerprint density at radius 2 is 1.83 bits per heavy atom. The zero-order valence-electron chi connectivity index (χ0n) is 12.2. The molecule has 2 nitrogen and oxygen atoms in total. The smallest absolute Gasteiger partial charge is 0.0241 e. The van der Waals surface area contributed by atoms with Gasteiger partial charge in [0.15, 0.2) is 0 Å². The van der Waals surface area contributed by atoms with Crippen molar-refractivity contribution in [1.29, 1.82) is 0 Å². The lowest BCUT2D eigenvalue weighted by Gasteiger charge is -2.30. The molecule has 0 aromatic heterocycles. The molecule has 2 rings (SSSR count). The van der Waals surface area contributed by atoms with E-state index in [1.54, 1.807) is 0 Å². The number of hydrogen-bond donors (Lipinski definition) is 2. The van der Waals surface area contributed by atoms with Gasteiger partial charge < -0.3 is 0 Å². The lowest BCUT2D eigenvalue weighted by Crippen LogP contribution is -2.42. The highest BCUT2D eigenvalue weighted by atomic mass is 15.2. The lowest BCUT2D eigenvalue weighted by atomic mass is 9.81. The van der Waals surface area contributed by atoms with Crippen LogP contribution in [0.25, 0.3) is 0 Å². The maximum absolute atomic E-state index is 5.80. The standard InChI is InChI=1S/C16H32N2/c1-2-3-4-5-6-7-8-16(18-17)15-12-13-9-10-14(15)11-13/h13-16,18H,2-12,17H2,1H3. The van der Waals surface area contributed by atoms with Crippen molar-refractivity contribution < 1.29 is 0 Å². The van der Waals surface area contributed by atoms with E-state index in [9.17, 15) is 0 Å². The molecule has 18 heavy (non-hydrogen) atoms. The molecule has 4 atom stereocenters. The molecule has 0 heterocycles. The molecule has 106 valence electrons. The summed E-state index contributed by atoms with van der Waals surface area (Å²) in [6.07, 6.45) is 15.6. The van der Waals surface area contributed by atoms with E-state index in [1.807, 2.05) is 0 Å². The van der Waals surface area contributed by atoms with Crippen LogP contribution in [0.3, 0.4) is 0 Å². The summed E-state index contributed by atoms with van der Waals surface area (Å²) in [7, 11) is 0. The van der Waals surface area contributed by atoms with Gasteiger partial charge >= 0.3 is 0 Å². The zero-order valence-corrected chi connectivity index (χ0v) is 12.2. The Morgan fingerprint density at radius 1 is 1.06 bits per heavy atom. The maximum atomic E-state index is 5.80. The third-order valence-electron chi connectivity index (χ3n) is 5.39. The molecule has 0 amide bonds. The summed E-state index contributed by atoms with van der Waals surface area (Å²) in [5, 5.41) is 0. The highest BCUT2D eigenvalue weighted by Crippen LogP contribution is 2.50. The van der Waals surface area contributed by atoms with Gasteiger partial charge in [0, 0.05) is 6.04 Å². The van der Waals surface area contributed by atoms with Gasteiger partial charge in [0.1, 0.15) is 0 Å². The topological polar surface area (TPSA) is 38.0 Å². The van der Waals surface area contributed by atoms with Crippen LogP contribution in [0.15, 0.2) is 0 Å². The van der Waals surface area contributed by atoms with E-state index in [-0.39, 0.29) is 0 Å². The van der Waals surface area contributed by atoms with Crippen molar-refractivity contribution in [2.24, 2.45) is 23.6 Å². The number of hydrogen-bond acceptors (Lipinski definition) is 2. The first kappa shape index (κ1) is 14.3. The number of fused-ring (bicyclic) bond motifs is 2. The maximum Gasteiger partial charge on any atom is 0.0241 e. The molecule has 2 heteroatoms. The summed E-state index contributed by atoms with van der Waals surface area (Å²) < 4.78 is 0. The lowest BCUT2D eigenvalue weighted by molar-refractivity contribution is 0.235. The summed E-state index contributed by atoms with van der Waals surface area (Å²) in [6.45, 7) is 2.28. The fourth-order valence-electron chi connectivity index (χ4n) is 4.35. The molecular formula is C16H32N2. The van der Waals surface area contributed by atoms with E-state index in [0.717, 1.165) is 17.8 Å². The van der Waals surface area contributed by atoms with Crippen LogP contribution in [0.2, 0.25) is 0 Å². The highest BCUT2D eigenvalue weighted by molar-refractivity contribution is 4.94. The molecule has 0 aromatic rings. The Labute approximate surface area is 113 Å². The number of nitrogens with one attached hydrogen (secondary N) is 1. The van der Waals surface area contributed by atoms with Crippen molar-refractivity contribution >= 4 is 0 Å². The Hall–Kier alpha value is -0.0800. The van der Waals surface area contributed by atoms with Crippen molar-refractivity contribution in [3.05, 3.63) is 0 Å². The predicted molar refractivity (Wildman–Crippen MR) is 78.0 cm³/mol. The third-order valence-corrected chi connectivity index (χ3v) is 5.39. The molecule has 0 aliphatic heterocycles. The van der Waals surface area contributed by atoms with Crippen molar-refractivity contribution in [1.82, 2.24) is 5.43 Å². The van der Waals surface area contributed by atoms with Crippen LogP contribution >= 0.6 is 0 Å². The van der Waals surface area contributed by atoms with E-state index in [4.69, 9.17) is 5.84 Å². The second-order valence-electron chi connectivity index (χ2n) is 6.67. The highest BCUT2D eigenvalue weighted by Gasteiger charge is 2.42. The second-order valence-corrected chi connectivity index (χ2v) is 6.67. The minimum absolute atomic E-state index is 0.603. The van der Waals surface area contributed by atoms with Crippen LogP contribution in [0.4, 0.5) is 0 Å². The molecule has 2 aliphatic rings. The van der Waals surface area contributed by atoms with Crippen LogP contribution < -0.4 is 11.3 Å². The Kier molecular flexibility index (Phi) is 5.97. The first-order valence-corrected chi connectivity index (χ1v) is 8.31. The van der Waals surface area contributed by atoms with Gasteiger partial charge in [-0.25, -0.2) is 0 Å². The van der Waals surface area contributed by atoms with Gasteiger partial charge in [0.2, 0.25) is 0 Å². The Morgan fingerprint density at radius 3 is 2.44 bits per heavy atom. The van der Waals surface area contributed by atoms with Gasteiger partial charge in [-0.2, -0.15) is 0 Å². The Bertz CT molecular complexity index is 229. The number of unbranched alkanes of at least 4 members (excludes halogenated alkanes) is 5. The molecular weight excluding hydrogens is 220 g/mol. The van der Waals surface area contributed by atoms with E-state index in [0.29, 0.717) is 6.04 Å². The van der Waals surface area contributed by atoms with Crippen molar-refractivity contribution in [2.75, 3.05) is 0 Å². The van der Waals surface area contributed by atoms with Gasteiger partial charge in [-0.3, -0.25) is 11.3 Å². The molecule has 0 aromatic carbocycles. The predicted octanol–water partition coefficient (Wildman–Crippen LogP) is 4.01. The molecule has 2 bridgehead atoms. The zero-order chi connectivity index (χ0) is 12.8. The number of hydrazine groups is 1. The first-order chi connectivity index (χ1) is 8.85. The van der Waals surface area contributed by atoms with Gasteiger partial charge in [0.25, 0.3) is 0 Å². The van der Waals surface area contributed by atoms with Crippen molar-refractivity contribution in [3.8, 4) is 0 Å². The van der Waals surface area contributed by atoms with Gasteiger partial charge in [-0.05, 0) is 43.4 Å². The van der Waals surface area contributed by atoms with Gasteiger partial charge in [-0.1, -0.05) is 51.9 Å². The van der Waals surface area contributed by atoms with Gasteiger partial charge in [0.05, 0.1) is 0 Å². The van der Waals surface area contributed by atoms with Crippen molar-refractivity contribution in [3.63, 3.8) is 0 Å². The second kappa shape index (κ2) is 7.49. The van der Waals surface area contributed by atoms with Crippen LogP contribution in [-0.4, -0.2) is 6.04 Å². The molecule has 4 unspecified atom stereocenters. The van der Waals surface area contributed by atoms with Crippen LogP contribution in [0.5, 0.6) is 0 Å². The summed E-state index contributed by atoms with van der Waals surface area (Å²) in [6, 6.07) is 0.603. The number of rotatable bonds is 9. The minimum atomic E-state index is 0.603. The largest absolute Gasteiger partial charge is 0.271 e. The molecule has 2 fully saturated rings. The molecule has 0 radical (unpaired) electrons. The normalized spacial score (nSPS) is 32.0. The minimum Gasteiger partial charge on any atom is -0.271 e. The fourth-order valence-corrected chi connectivity index (χ4v) is 4.35. The summed E-state index contributed by atoms with van der Waals surface area (Å²) in [5.41, 5.74) is 3.13. The SMILES string of the molecule is CCCCCCCCC(NN)C1CC2CCC1C2. The Balaban J connectivity index is 1.61. The first-order valence-electron chi connectivity index (χ1n) is 8.31. The monoisotopic (exact) mass is 252 g/mol. The summed E-state index contributed by atoms with van der Waals surface area (Å²) in [4.78, 5) is 0. The van der Waals surface area contributed by atoms with E-state index >= 15 is 0 Å². The van der Waals surface area contributed by atoms with E-state index in [1.165, 1.54) is 70.6 Å². The van der Waals surface area contributed by atoms with Gasteiger partial charge in [-0.15, -0.1) is 0 Å². The van der Waals surface area contributed by atoms with Crippen molar-refractivity contribution in [2.45, 2.75) is 83.6 Å².